The highest BCUT2D eigenvalue weighted by atomic mass is 35.5. The Morgan fingerprint density at radius 1 is 1.13 bits per heavy atom. The molecule has 0 atom stereocenters. The van der Waals surface area contributed by atoms with Gasteiger partial charge in [0.1, 0.15) is 22.7 Å². The Balaban J connectivity index is 2.08. The minimum absolute atomic E-state index is 0.0386. The van der Waals surface area contributed by atoms with E-state index in [1.807, 2.05) is 0 Å². The zero-order valence-corrected chi connectivity index (χ0v) is 22.0. The van der Waals surface area contributed by atoms with Gasteiger partial charge in [0, 0.05) is 22.3 Å². The lowest BCUT2D eigenvalue weighted by atomic mass is 10.2. The van der Waals surface area contributed by atoms with E-state index in [1.54, 1.807) is 32.0 Å². The highest BCUT2D eigenvalue weighted by molar-refractivity contribution is 7.07. The first kappa shape index (κ1) is 29.7. The van der Waals surface area contributed by atoms with Gasteiger partial charge in [0.25, 0.3) is 5.56 Å². The van der Waals surface area contributed by atoms with Crippen molar-refractivity contribution < 1.29 is 41.4 Å². The number of halogens is 5. The Kier molecular flexibility index (Phi) is 10.1. The van der Waals surface area contributed by atoms with Crippen molar-refractivity contribution in [1.82, 2.24) is 4.57 Å². The molecule has 0 unspecified atom stereocenters. The van der Waals surface area contributed by atoms with Gasteiger partial charge in [-0.15, -0.1) is 11.3 Å². The number of hydrogen-bond donors (Lipinski definition) is 1. The van der Waals surface area contributed by atoms with Gasteiger partial charge in [0.15, 0.2) is 0 Å². The molecule has 14 heteroatoms. The normalized spacial score (nSPS) is 12.2. The lowest BCUT2D eigenvalue weighted by molar-refractivity contribution is -0.135. The Bertz CT molecular complexity index is 1540. The standard InChI is InChI=1S/C25H21ClF4N2O6S/c1-3-36-22(34)11-21-32(12-20(33)31-17-6-4-5-16(26)13(17)2)23(35)19(39-21)9-14-7-8-15(37-24(27)28)10-18(14)38-25(29)30/h4-11,24-25H,3,12H2,1-2H3,(H,31,33)/b19-9-,21-11+. The number of benzene rings is 2. The van der Waals surface area contributed by atoms with Crippen LogP contribution in [0.5, 0.6) is 11.5 Å². The fraction of sp³-hybridized carbons (Fsp3) is 0.240. The smallest absolute Gasteiger partial charge is 0.387 e. The van der Waals surface area contributed by atoms with Crippen LogP contribution in [0, 0.1) is 6.92 Å². The molecule has 1 aromatic heterocycles. The Hall–Kier alpha value is -3.84. The zero-order chi connectivity index (χ0) is 28.7. The molecule has 3 aromatic rings. The molecular formula is C25H21ClF4N2O6S. The third kappa shape index (κ3) is 8.07. The summed E-state index contributed by atoms with van der Waals surface area (Å²) in [6, 6.07) is 7.93. The molecular weight excluding hydrogens is 568 g/mol. The average Bonchev–Trinajstić information content (AvgIpc) is 3.11. The SMILES string of the molecule is CCOC(=O)/C=c1/s/c(=C\c2ccc(OC(F)F)cc2OC(F)F)c(=O)n1CC(=O)Nc1cccc(Cl)c1C. The quantitative estimate of drug-likeness (QED) is 0.285. The van der Waals surface area contributed by atoms with Crippen molar-refractivity contribution in [2.24, 2.45) is 0 Å². The maximum absolute atomic E-state index is 13.2. The van der Waals surface area contributed by atoms with E-state index in [4.69, 9.17) is 16.3 Å². The zero-order valence-electron chi connectivity index (χ0n) is 20.4. The van der Waals surface area contributed by atoms with Crippen LogP contribution in [0.15, 0.2) is 41.2 Å². The molecule has 0 bridgehead atoms. The molecule has 2 aromatic carbocycles. The minimum atomic E-state index is -3.30. The molecule has 1 N–H and O–H groups in total. The molecule has 0 aliphatic rings. The second-order valence-corrected chi connectivity index (χ2v) is 9.12. The summed E-state index contributed by atoms with van der Waals surface area (Å²) in [5.41, 5.74) is 0.218. The maximum atomic E-state index is 13.2. The van der Waals surface area contributed by atoms with Crippen molar-refractivity contribution in [1.29, 1.82) is 0 Å². The van der Waals surface area contributed by atoms with Crippen molar-refractivity contribution >= 4 is 52.7 Å². The number of carbonyl (C=O) groups is 2. The van der Waals surface area contributed by atoms with E-state index in [0.29, 0.717) is 16.3 Å². The van der Waals surface area contributed by atoms with Crippen molar-refractivity contribution in [3.63, 3.8) is 0 Å². The van der Waals surface area contributed by atoms with Gasteiger partial charge in [-0.3, -0.25) is 14.2 Å². The van der Waals surface area contributed by atoms with Crippen LogP contribution in [0.3, 0.4) is 0 Å². The van der Waals surface area contributed by atoms with E-state index in [-0.39, 0.29) is 21.4 Å². The monoisotopic (exact) mass is 588 g/mol. The number of carbonyl (C=O) groups excluding carboxylic acids is 2. The molecule has 8 nitrogen and oxygen atoms in total. The van der Waals surface area contributed by atoms with E-state index >= 15 is 0 Å². The molecule has 3 rings (SSSR count). The second-order valence-electron chi connectivity index (χ2n) is 7.65. The van der Waals surface area contributed by atoms with Crippen molar-refractivity contribution in [3.8, 4) is 11.5 Å². The van der Waals surface area contributed by atoms with E-state index < -0.39 is 48.7 Å². The first-order chi connectivity index (χ1) is 18.5. The molecule has 0 fully saturated rings. The fourth-order valence-electron chi connectivity index (χ4n) is 3.30. The fourth-order valence-corrected chi connectivity index (χ4v) is 4.50. The number of ether oxygens (including phenoxy) is 3. The average molecular weight is 589 g/mol. The molecule has 1 amide bonds. The Morgan fingerprint density at radius 3 is 2.51 bits per heavy atom. The van der Waals surface area contributed by atoms with E-state index in [2.05, 4.69) is 14.8 Å². The maximum Gasteiger partial charge on any atom is 0.387 e. The third-order valence-electron chi connectivity index (χ3n) is 5.02. The van der Waals surface area contributed by atoms with Crippen LogP contribution in [0.4, 0.5) is 23.2 Å². The predicted octanol–water partition coefficient (Wildman–Crippen LogP) is 3.89. The van der Waals surface area contributed by atoms with E-state index in [9.17, 15) is 31.9 Å². The number of esters is 1. The summed E-state index contributed by atoms with van der Waals surface area (Å²) in [6.07, 6.45) is 2.18. The van der Waals surface area contributed by atoms with Crippen LogP contribution in [0.1, 0.15) is 18.1 Å². The minimum Gasteiger partial charge on any atom is -0.463 e. The molecule has 1 heterocycles. The lowest BCUT2D eigenvalue weighted by Gasteiger charge is -2.11. The molecule has 0 saturated heterocycles. The highest BCUT2D eigenvalue weighted by Crippen LogP contribution is 2.28. The lowest BCUT2D eigenvalue weighted by Crippen LogP contribution is -2.36. The van der Waals surface area contributed by atoms with Gasteiger partial charge in [0.05, 0.1) is 17.2 Å². The number of amides is 1. The number of hydrogen-bond acceptors (Lipinski definition) is 7. The number of anilines is 1. The number of aromatic nitrogens is 1. The Labute approximate surface area is 227 Å². The van der Waals surface area contributed by atoms with Crippen molar-refractivity contribution in [2.45, 2.75) is 33.6 Å². The number of nitrogens with one attached hydrogen (secondary N) is 1. The summed E-state index contributed by atoms with van der Waals surface area (Å²) in [6.45, 7) is -3.68. The summed E-state index contributed by atoms with van der Waals surface area (Å²) >= 11 is 6.86. The van der Waals surface area contributed by atoms with Crippen molar-refractivity contribution in [3.05, 3.63) is 72.1 Å². The van der Waals surface area contributed by atoms with Crippen LogP contribution < -0.4 is 29.5 Å². The van der Waals surface area contributed by atoms with Gasteiger partial charge in [-0.2, -0.15) is 17.6 Å². The second kappa shape index (κ2) is 13.3. The molecule has 39 heavy (non-hydrogen) atoms. The largest absolute Gasteiger partial charge is 0.463 e. The summed E-state index contributed by atoms with van der Waals surface area (Å²) in [5.74, 6) is -2.36. The Morgan fingerprint density at radius 2 is 1.85 bits per heavy atom. The molecule has 0 radical (unpaired) electrons. The number of alkyl halides is 4. The van der Waals surface area contributed by atoms with Crippen LogP contribution in [-0.2, 0) is 20.9 Å². The van der Waals surface area contributed by atoms with Crippen LogP contribution in [-0.4, -0.2) is 36.3 Å². The van der Waals surface area contributed by atoms with Gasteiger partial charge in [-0.1, -0.05) is 17.7 Å². The van der Waals surface area contributed by atoms with E-state index in [0.717, 1.165) is 46.3 Å². The highest BCUT2D eigenvalue weighted by Gasteiger charge is 2.16. The molecule has 208 valence electrons. The van der Waals surface area contributed by atoms with Crippen LogP contribution in [0.25, 0.3) is 12.2 Å². The molecule has 0 saturated carbocycles. The van der Waals surface area contributed by atoms with Gasteiger partial charge < -0.3 is 19.5 Å². The van der Waals surface area contributed by atoms with E-state index in [1.165, 1.54) is 0 Å². The van der Waals surface area contributed by atoms with Crippen LogP contribution >= 0.6 is 22.9 Å². The van der Waals surface area contributed by atoms with Gasteiger partial charge in [-0.25, -0.2) is 4.79 Å². The summed E-state index contributed by atoms with van der Waals surface area (Å²) < 4.78 is 65.6. The van der Waals surface area contributed by atoms with Crippen LogP contribution in [0.2, 0.25) is 5.02 Å². The molecule has 0 spiro atoms. The predicted molar refractivity (Wildman–Crippen MR) is 137 cm³/mol. The van der Waals surface area contributed by atoms with Gasteiger partial charge >= 0.3 is 19.2 Å². The summed E-state index contributed by atoms with van der Waals surface area (Å²) in [5, 5.41) is 3.06. The first-order valence-corrected chi connectivity index (χ1v) is 12.4. The third-order valence-corrected chi connectivity index (χ3v) is 6.49. The van der Waals surface area contributed by atoms with Gasteiger partial charge in [0.2, 0.25) is 5.91 Å². The van der Waals surface area contributed by atoms with Crippen molar-refractivity contribution in [2.75, 3.05) is 11.9 Å². The number of rotatable bonds is 10. The molecule has 0 aliphatic carbocycles. The van der Waals surface area contributed by atoms with Gasteiger partial charge in [-0.05, 0) is 49.8 Å². The topological polar surface area (TPSA) is 95.9 Å². The number of nitrogens with zero attached hydrogens (tertiary/aromatic N) is 1. The molecule has 0 aliphatic heterocycles. The number of thiazole rings is 1. The first-order valence-electron chi connectivity index (χ1n) is 11.2. The summed E-state index contributed by atoms with van der Waals surface area (Å²) in [4.78, 5) is 38.2. The summed E-state index contributed by atoms with van der Waals surface area (Å²) in [7, 11) is 0.